The van der Waals surface area contributed by atoms with Gasteiger partial charge in [-0.25, -0.2) is 0 Å². The minimum atomic E-state index is -0.463. The molecule has 156 valence electrons. The topological polar surface area (TPSA) is 111 Å². The van der Waals surface area contributed by atoms with E-state index in [0.717, 1.165) is 12.0 Å². The summed E-state index contributed by atoms with van der Waals surface area (Å²) in [6, 6.07) is 15.4. The van der Waals surface area contributed by atoms with Gasteiger partial charge >= 0.3 is 0 Å². The van der Waals surface area contributed by atoms with Crippen molar-refractivity contribution in [1.29, 1.82) is 0 Å². The van der Waals surface area contributed by atoms with Crippen LogP contribution in [0.1, 0.15) is 44.2 Å². The van der Waals surface area contributed by atoms with Gasteiger partial charge in [-0.15, -0.1) is 0 Å². The zero-order chi connectivity index (χ0) is 21.5. The molecular formula is C22H24N4O4. The van der Waals surface area contributed by atoms with Gasteiger partial charge < -0.3 is 9.84 Å². The molecule has 30 heavy (non-hydrogen) atoms. The molecule has 0 radical (unpaired) electrons. The highest BCUT2D eigenvalue weighted by Crippen LogP contribution is 2.26. The number of amides is 1. The van der Waals surface area contributed by atoms with Crippen LogP contribution in [0.3, 0.4) is 0 Å². The summed E-state index contributed by atoms with van der Waals surface area (Å²) in [5, 5.41) is 17.8. The normalized spacial score (nSPS) is 12.9. The molecule has 8 nitrogen and oxygen atoms in total. The Morgan fingerprint density at radius 3 is 2.50 bits per heavy atom. The third-order valence-corrected chi connectivity index (χ3v) is 5.06. The summed E-state index contributed by atoms with van der Waals surface area (Å²) in [5.41, 5.74) is 1.70. The molecular weight excluding hydrogens is 384 g/mol. The number of rotatable bonds is 9. The van der Waals surface area contributed by atoms with E-state index in [-0.39, 0.29) is 17.5 Å². The van der Waals surface area contributed by atoms with Gasteiger partial charge in [0.2, 0.25) is 17.6 Å². The summed E-state index contributed by atoms with van der Waals surface area (Å²) in [6.07, 6.45) is 1.83. The van der Waals surface area contributed by atoms with E-state index in [9.17, 15) is 14.9 Å². The highest BCUT2D eigenvalue weighted by atomic mass is 16.6. The van der Waals surface area contributed by atoms with Crippen molar-refractivity contribution < 1.29 is 14.2 Å². The van der Waals surface area contributed by atoms with Crippen LogP contribution >= 0.6 is 0 Å². The summed E-state index contributed by atoms with van der Waals surface area (Å²) in [7, 11) is 0. The number of non-ortho nitro benzene ring substituents is 1. The van der Waals surface area contributed by atoms with E-state index in [2.05, 4.69) is 15.5 Å². The minimum absolute atomic E-state index is 0.00868. The van der Waals surface area contributed by atoms with Gasteiger partial charge in [0.15, 0.2) is 0 Å². The summed E-state index contributed by atoms with van der Waals surface area (Å²) in [5.74, 6) is 0.660. The molecule has 2 aromatic carbocycles. The van der Waals surface area contributed by atoms with Gasteiger partial charge in [0.05, 0.1) is 4.92 Å². The lowest BCUT2D eigenvalue weighted by Crippen LogP contribution is -2.32. The fraction of sp³-hybridized carbons (Fsp3) is 0.318. The number of benzene rings is 2. The summed E-state index contributed by atoms with van der Waals surface area (Å²) >= 11 is 0. The molecule has 1 amide bonds. The molecule has 1 aromatic heterocycles. The van der Waals surface area contributed by atoms with Crippen molar-refractivity contribution in [3.8, 4) is 11.4 Å². The molecule has 1 N–H and O–H groups in total. The first-order chi connectivity index (χ1) is 14.5. The van der Waals surface area contributed by atoms with Gasteiger partial charge in [-0.3, -0.25) is 14.9 Å². The molecule has 3 rings (SSSR count). The van der Waals surface area contributed by atoms with E-state index >= 15 is 0 Å². The van der Waals surface area contributed by atoms with Gasteiger partial charge in [-0.1, -0.05) is 55.8 Å². The molecule has 1 heterocycles. The third-order valence-electron chi connectivity index (χ3n) is 5.06. The largest absolute Gasteiger partial charge is 0.344 e. The van der Waals surface area contributed by atoms with Gasteiger partial charge in [0.25, 0.3) is 5.69 Å². The van der Waals surface area contributed by atoms with E-state index in [0.29, 0.717) is 30.1 Å². The smallest absolute Gasteiger partial charge is 0.269 e. The first-order valence-corrected chi connectivity index (χ1v) is 9.89. The van der Waals surface area contributed by atoms with E-state index in [1.807, 2.05) is 44.2 Å². The fourth-order valence-electron chi connectivity index (χ4n) is 3.04. The molecule has 0 aliphatic rings. The lowest BCUT2D eigenvalue weighted by atomic mass is 9.98. The Morgan fingerprint density at radius 2 is 1.87 bits per heavy atom. The quantitative estimate of drug-likeness (QED) is 0.413. The predicted molar refractivity (Wildman–Crippen MR) is 111 cm³/mol. The fourth-order valence-corrected chi connectivity index (χ4v) is 3.04. The van der Waals surface area contributed by atoms with E-state index in [4.69, 9.17) is 4.52 Å². The number of carbonyl (C=O) groups excluding carboxylic acids is 1. The number of aromatic nitrogens is 2. The first kappa shape index (κ1) is 21.2. The average molecular weight is 408 g/mol. The first-order valence-electron chi connectivity index (χ1n) is 9.89. The maximum atomic E-state index is 12.5. The third kappa shape index (κ3) is 5.28. The molecule has 2 atom stereocenters. The average Bonchev–Trinajstić information content (AvgIpc) is 3.26. The van der Waals surface area contributed by atoms with Crippen molar-refractivity contribution in [2.45, 2.75) is 39.2 Å². The minimum Gasteiger partial charge on any atom is -0.344 e. The Balaban J connectivity index is 1.71. The lowest BCUT2D eigenvalue weighted by molar-refractivity contribution is -0.384. The number of aryl methyl sites for hydroxylation is 1. The molecule has 0 saturated heterocycles. The number of hydrogen-bond donors (Lipinski definition) is 1. The van der Waals surface area contributed by atoms with Crippen LogP contribution in [-0.4, -0.2) is 21.0 Å². The van der Waals surface area contributed by atoms with Gasteiger partial charge in [0, 0.05) is 24.1 Å². The highest BCUT2D eigenvalue weighted by molar-refractivity contribution is 5.76. The second-order valence-corrected chi connectivity index (χ2v) is 7.18. The lowest BCUT2D eigenvalue weighted by Gasteiger charge is -2.20. The van der Waals surface area contributed by atoms with Crippen molar-refractivity contribution in [2.24, 2.45) is 5.92 Å². The molecule has 0 saturated carbocycles. The second-order valence-electron chi connectivity index (χ2n) is 7.18. The monoisotopic (exact) mass is 408 g/mol. The molecule has 0 fully saturated rings. The van der Waals surface area contributed by atoms with Crippen LogP contribution < -0.4 is 5.32 Å². The van der Waals surface area contributed by atoms with E-state index in [1.54, 1.807) is 12.1 Å². The Labute approximate surface area is 174 Å². The van der Waals surface area contributed by atoms with Crippen molar-refractivity contribution in [1.82, 2.24) is 15.5 Å². The van der Waals surface area contributed by atoms with Crippen molar-refractivity contribution in [3.05, 3.63) is 76.2 Å². The van der Waals surface area contributed by atoms with Gasteiger partial charge in [-0.05, 0) is 30.0 Å². The Bertz CT molecular complexity index is 986. The Morgan fingerprint density at radius 1 is 1.17 bits per heavy atom. The van der Waals surface area contributed by atoms with Crippen LogP contribution in [0.4, 0.5) is 5.69 Å². The van der Waals surface area contributed by atoms with Gasteiger partial charge in [-0.2, -0.15) is 4.98 Å². The van der Waals surface area contributed by atoms with Crippen LogP contribution in [0.15, 0.2) is 59.1 Å². The maximum Gasteiger partial charge on any atom is 0.269 e. The number of hydrogen-bond acceptors (Lipinski definition) is 6. The maximum absolute atomic E-state index is 12.5. The zero-order valence-electron chi connectivity index (χ0n) is 16.9. The molecule has 0 aliphatic carbocycles. The number of nitro benzene ring substituents is 1. The van der Waals surface area contributed by atoms with E-state index < -0.39 is 11.0 Å². The summed E-state index contributed by atoms with van der Waals surface area (Å²) < 4.78 is 5.44. The summed E-state index contributed by atoms with van der Waals surface area (Å²) in [4.78, 5) is 27.3. The summed E-state index contributed by atoms with van der Waals surface area (Å²) in [6.45, 7) is 4.04. The Kier molecular flexibility index (Phi) is 6.90. The second kappa shape index (κ2) is 9.78. The molecule has 0 unspecified atom stereocenters. The van der Waals surface area contributed by atoms with E-state index in [1.165, 1.54) is 12.1 Å². The highest BCUT2D eigenvalue weighted by Gasteiger charge is 2.26. The van der Waals surface area contributed by atoms with Gasteiger partial charge in [0.1, 0.15) is 6.04 Å². The standard InChI is InChI=1S/C22H24N4O4/c1-3-15(2)20(23-19(27)14-9-16-7-5-4-6-8-16)22-24-21(25-30-22)17-10-12-18(13-11-17)26(28)29/h4-8,10-13,15,20H,3,9,14H2,1-2H3,(H,23,27)/t15-,20+/m0/s1. The molecule has 0 spiro atoms. The molecule has 0 aliphatic heterocycles. The predicted octanol–water partition coefficient (Wildman–Crippen LogP) is 4.48. The van der Waals surface area contributed by atoms with Crippen LogP contribution in [0.2, 0.25) is 0 Å². The van der Waals surface area contributed by atoms with Crippen LogP contribution in [0.25, 0.3) is 11.4 Å². The van der Waals surface area contributed by atoms with Crippen molar-refractivity contribution in [2.75, 3.05) is 0 Å². The molecule has 0 bridgehead atoms. The SMILES string of the molecule is CC[C@H](C)[C@@H](NC(=O)CCc1ccccc1)c1nc(-c2ccc([N+](=O)[O-])cc2)no1. The number of nitrogens with one attached hydrogen (secondary N) is 1. The number of nitro groups is 1. The molecule has 8 heteroatoms. The van der Waals surface area contributed by atoms with Crippen LogP contribution in [0.5, 0.6) is 0 Å². The van der Waals surface area contributed by atoms with Crippen molar-refractivity contribution in [3.63, 3.8) is 0 Å². The number of nitrogens with zero attached hydrogens (tertiary/aromatic N) is 3. The van der Waals surface area contributed by atoms with Crippen molar-refractivity contribution >= 4 is 11.6 Å². The van der Waals surface area contributed by atoms with Crippen LogP contribution in [-0.2, 0) is 11.2 Å². The zero-order valence-corrected chi connectivity index (χ0v) is 16.9. The number of carbonyl (C=O) groups is 1. The van der Waals surface area contributed by atoms with Crippen LogP contribution in [0, 0.1) is 16.0 Å². The molecule has 3 aromatic rings. The Hall–Kier alpha value is -3.55.